The zero-order valence-electron chi connectivity index (χ0n) is 11.7. The van der Waals surface area contributed by atoms with E-state index >= 15 is 0 Å². The lowest BCUT2D eigenvalue weighted by Gasteiger charge is -2.16. The van der Waals surface area contributed by atoms with E-state index in [0.717, 1.165) is 29.4 Å². The molecule has 2 aromatic rings. The Kier molecular flexibility index (Phi) is 5.52. The molecule has 0 aliphatic rings. The van der Waals surface area contributed by atoms with E-state index in [0.29, 0.717) is 5.76 Å². The molecule has 6 heteroatoms. The Morgan fingerprint density at radius 1 is 1.29 bits per heavy atom. The molecule has 0 bridgehead atoms. The summed E-state index contributed by atoms with van der Waals surface area (Å²) in [6.45, 7) is 2.91. The van der Waals surface area contributed by atoms with Crippen LogP contribution in [0.3, 0.4) is 0 Å². The summed E-state index contributed by atoms with van der Waals surface area (Å²) in [5.74, 6) is 0.377. The van der Waals surface area contributed by atoms with Crippen LogP contribution in [0, 0.1) is 10.1 Å². The van der Waals surface area contributed by atoms with Crippen LogP contribution < -0.4 is 5.32 Å². The van der Waals surface area contributed by atoms with Gasteiger partial charge in [-0.3, -0.25) is 10.1 Å². The molecule has 5 nitrogen and oxygen atoms in total. The Morgan fingerprint density at radius 2 is 2.00 bits per heavy atom. The van der Waals surface area contributed by atoms with E-state index in [1.165, 1.54) is 6.07 Å². The van der Waals surface area contributed by atoms with Gasteiger partial charge in [-0.25, -0.2) is 0 Å². The van der Waals surface area contributed by atoms with Crippen molar-refractivity contribution in [3.63, 3.8) is 0 Å². The fourth-order valence-electron chi connectivity index (χ4n) is 2.08. The minimum atomic E-state index is -0.514. The molecule has 0 saturated heterocycles. The van der Waals surface area contributed by atoms with Gasteiger partial charge in [-0.2, -0.15) is 0 Å². The molecule has 0 amide bonds. The number of halogens is 1. The van der Waals surface area contributed by atoms with Crippen molar-refractivity contribution in [2.24, 2.45) is 0 Å². The molecule has 1 aromatic heterocycles. The second-order valence-electron chi connectivity index (χ2n) is 4.77. The first-order valence-corrected chi connectivity index (χ1v) is 7.61. The van der Waals surface area contributed by atoms with Gasteiger partial charge in [0.25, 0.3) is 0 Å². The zero-order chi connectivity index (χ0) is 15.2. The summed E-state index contributed by atoms with van der Waals surface area (Å²) in [7, 11) is 0. The molecular formula is C15H17BrN2O3. The number of hydrogen-bond acceptors (Lipinski definition) is 4. The van der Waals surface area contributed by atoms with Crippen LogP contribution in [-0.4, -0.2) is 11.5 Å². The van der Waals surface area contributed by atoms with Crippen LogP contribution in [0.4, 0.5) is 5.88 Å². The van der Waals surface area contributed by atoms with Gasteiger partial charge in [-0.1, -0.05) is 35.0 Å². The van der Waals surface area contributed by atoms with Gasteiger partial charge in [0.15, 0.2) is 0 Å². The van der Waals surface area contributed by atoms with Gasteiger partial charge in [0.05, 0.1) is 12.1 Å². The molecule has 0 fully saturated rings. The van der Waals surface area contributed by atoms with Crippen molar-refractivity contribution in [1.82, 2.24) is 5.32 Å². The maximum atomic E-state index is 10.7. The maximum absolute atomic E-state index is 10.7. The largest absolute Gasteiger partial charge is 0.433 e. The average Bonchev–Trinajstić information content (AvgIpc) is 2.95. The third-order valence-corrected chi connectivity index (χ3v) is 3.66. The average molecular weight is 353 g/mol. The highest BCUT2D eigenvalue weighted by molar-refractivity contribution is 9.10. The molecule has 0 radical (unpaired) electrons. The van der Waals surface area contributed by atoms with Crippen molar-refractivity contribution in [3.05, 3.63) is 62.3 Å². The van der Waals surface area contributed by atoms with E-state index < -0.39 is 4.92 Å². The highest BCUT2D eigenvalue weighted by Gasteiger charge is 2.19. The third-order valence-electron chi connectivity index (χ3n) is 3.13. The summed E-state index contributed by atoms with van der Waals surface area (Å²) in [6.07, 6.45) is 1.71. The van der Waals surface area contributed by atoms with Crippen molar-refractivity contribution in [1.29, 1.82) is 0 Å². The van der Waals surface area contributed by atoms with Crippen LogP contribution in [-0.2, 0) is 6.42 Å². The number of hydrogen-bond donors (Lipinski definition) is 1. The van der Waals surface area contributed by atoms with E-state index in [1.54, 1.807) is 6.07 Å². The van der Waals surface area contributed by atoms with Gasteiger partial charge < -0.3 is 9.73 Å². The minimum absolute atomic E-state index is 0.0696. The Hall–Kier alpha value is -1.66. The van der Waals surface area contributed by atoms with Crippen molar-refractivity contribution in [3.8, 4) is 0 Å². The normalized spacial score (nSPS) is 12.3. The second-order valence-corrected chi connectivity index (χ2v) is 5.69. The number of nitrogens with zero attached hydrogens (tertiary/aromatic N) is 1. The van der Waals surface area contributed by atoms with Crippen LogP contribution in [0.25, 0.3) is 0 Å². The summed E-state index contributed by atoms with van der Waals surface area (Å²) in [5, 5.41) is 14.1. The summed E-state index contributed by atoms with van der Waals surface area (Å²) < 4.78 is 6.36. The third kappa shape index (κ3) is 4.41. The quantitative estimate of drug-likeness (QED) is 0.597. The molecule has 1 heterocycles. The topological polar surface area (TPSA) is 68.3 Å². The van der Waals surface area contributed by atoms with Gasteiger partial charge in [-0.15, -0.1) is 0 Å². The molecule has 0 aliphatic heterocycles. The predicted molar refractivity (Wildman–Crippen MR) is 84.2 cm³/mol. The molecule has 1 atom stereocenters. The van der Waals surface area contributed by atoms with Crippen molar-refractivity contribution >= 4 is 21.8 Å². The number of nitrogens with one attached hydrogen (secondary N) is 1. The Bertz CT molecular complexity index is 595. The van der Waals surface area contributed by atoms with Gasteiger partial charge in [0, 0.05) is 4.47 Å². The first-order valence-electron chi connectivity index (χ1n) is 6.82. The fourth-order valence-corrected chi connectivity index (χ4v) is 2.34. The van der Waals surface area contributed by atoms with Gasteiger partial charge in [-0.05, 0) is 43.1 Å². The van der Waals surface area contributed by atoms with Crippen molar-refractivity contribution in [2.45, 2.75) is 25.8 Å². The van der Waals surface area contributed by atoms with Crippen LogP contribution in [0.5, 0.6) is 0 Å². The van der Waals surface area contributed by atoms with Crippen LogP contribution in [0.15, 0.2) is 45.3 Å². The van der Waals surface area contributed by atoms with E-state index in [2.05, 4.69) is 28.2 Å². The number of nitro groups is 1. The zero-order valence-corrected chi connectivity index (χ0v) is 13.3. The molecule has 112 valence electrons. The van der Waals surface area contributed by atoms with Crippen LogP contribution >= 0.6 is 15.9 Å². The first-order chi connectivity index (χ1) is 10.1. The van der Waals surface area contributed by atoms with Crippen LogP contribution in [0.2, 0.25) is 0 Å². The SMILES string of the molecule is CCCNC(Cc1ccc(Br)cc1)c1ccc([N+](=O)[O-])o1. The first kappa shape index (κ1) is 15.7. The van der Waals surface area contributed by atoms with E-state index in [-0.39, 0.29) is 11.9 Å². The molecule has 1 N–H and O–H groups in total. The lowest BCUT2D eigenvalue weighted by Crippen LogP contribution is -2.23. The molecule has 0 aliphatic carbocycles. The molecule has 0 spiro atoms. The Morgan fingerprint density at radius 3 is 2.57 bits per heavy atom. The molecule has 2 rings (SSSR count). The lowest BCUT2D eigenvalue weighted by atomic mass is 10.0. The highest BCUT2D eigenvalue weighted by Crippen LogP contribution is 2.25. The Balaban J connectivity index is 2.16. The molecule has 1 aromatic carbocycles. The van der Waals surface area contributed by atoms with Gasteiger partial charge >= 0.3 is 5.88 Å². The fraction of sp³-hybridized carbons (Fsp3) is 0.333. The van der Waals surface area contributed by atoms with Crippen LogP contribution in [0.1, 0.15) is 30.7 Å². The number of rotatable bonds is 7. The van der Waals surface area contributed by atoms with Gasteiger partial charge in [0.2, 0.25) is 0 Å². The van der Waals surface area contributed by atoms with Crippen molar-refractivity contribution < 1.29 is 9.34 Å². The van der Waals surface area contributed by atoms with Gasteiger partial charge in [0.1, 0.15) is 10.7 Å². The number of furan rings is 1. The monoisotopic (exact) mass is 352 g/mol. The van der Waals surface area contributed by atoms with E-state index in [4.69, 9.17) is 4.42 Å². The van der Waals surface area contributed by atoms with E-state index in [9.17, 15) is 10.1 Å². The predicted octanol–water partition coefficient (Wildman–Crippen LogP) is 4.23. The van der Waals surface area contributed by atoms with E-state index in [1.807, 2.05) is 24.3 Å². The molecule has 21 heavy (non-hydrogen) atoms. The molecule has 1 unspecified atom stereocenters. The lowest BCUT2D eigenvalue weighted by molar-refractivity contribution is -0.402. The summed E-state index contributed by atoms with van der Waals surface area (Å²) in [5.41, 5.74) is 1.14. The standard InChI is InChI=1S/C15H17BrN2O3/c1-2-9-17-13(10-11-3-5-12(16)6-4-11)14-7-8-15(21-14)18(19)20/h3-8,13,17H,2,9-10H2,1H3. The smallest absolute Gasteiger partial charge is 0.404 e. The summed E-state index contributed by atoms with van der Waals surface area (Å²) in [4.78, 5) is 10.2. The maximum Gasteiger partial charge on any atom is 0.433 e. The Labute approximate surface area is 131 Å². The summed E-state index contributed by atoms with van der Waals surface area (Å²) in [6, 6.07) is 11.0. The van der Waals surface area contributed by atoms with Crippen molar-refractivity contribution in [2.75, 3.05) is 6.54 Å². The number of benzene rings is 1. The second kappa shape index (κ2) is 7.38. The minimum Gasteiger partial charge on any atom is -0.404 e. The molecular weight excluding hydrogens is 336 g/mol. The highest BCUT2D eigenvalue weighted by atomic mass is 79.9. The molecule has 0 saturated carbocycles. The summed E-state index contributed by atoms with van der Waals surface area (Å²) >= 11 is 3.41.